The molecule has 2 heterocycles. The maximum absolute atomic E-state index is 14.1. The van der Waals surface area contributed by atoms with Crippen LogP contribution in [-0.2, 0) is 19.5 Å². The highest BCUT2D eigenvalue weighted by Gasteiger charge is 2.27. The van der Waals surface area contributed by atoms with Crippen LogP contribution in [0.3, 0.4) is 0 Å². The molecular formula is C30H31N3O. The van der Waals surface area contributed by atoms with Crippen LogP contribution in [0.15, 0.2) is 83.7 Å². The molecule has 0 amide bonds. The van der Waals surface area contributed by atoms with Gasteiger partial charge in [0.2, 0.25) is 0 Å². The summed E-state index contributed by atoms with van der Waals surface area (Å²) in [6.45, 7) is 8.52. The molecule has 0 spiro atoms. The summed E-state index contributed by atoms with van der Waals surface area (Å²) < 4.78 is 1.90. The van der Waals surface area contributed by atoms with Crippen LogP contribution in [0.25, 0.3) is 0 Å². The first kappa shape index (κ1) is 22.3. The molecule has 0 N–H and O–H groups in total. The number of aromatic nitrogens is 2. The summed E-state index contributed by atoms with van der Waals surface area (Å²) >= 11 is 0. The predicted molar refractivity (Wildman–Crippen MR) is 137 cm³/mol. The Morgan fingerprint density at radius 2 is 1.41 bits per heavy atom. The zero-order chi connectivity index (χ0) is 23.7. The van der Waals surface area contributed by atoms with Crippen molar-refractivity contribution in [3.8, 4) is 0 Å². The maximum Gasteiger partial charge on any atom is 0.259 e. The van der Waals surface area contributed by atoms with E-state index in [2.05, 4.69) is 91.5 Å². The minimum absolute atomic E-state index is 0.0754. The van der Waals surface area contributed by atoms with Crippen molar-refractivity contribution in [3.63, 3.8) is 0 Å². The quantitative estimate of drug-likeness (QED) is 0.411. The second kappa shape index (κ2) is 9.40. The standard InChI is InChI=1S/C30H31N3O/c1-21-9-13-25(14-10-21)29(26-15-11-22(2)12-16-26)33-23(3)31-28-17-18-32(20-27(28)30(33)34)19-24-7-5-4-6-8-24/h4-16,29H,17-20H2,1-3H3. The van der Waals surface area contributed by atoms with E-state index in [1.165, 1.54) is 16.7 Å². The van der Waals surface area contributed by atoms with Crippen LogP contribution in [-0.4, -0.2) is 21.0 Å². The number of aryl methyl sites for hydroxylation is 3. The molecule has 1 aromatic heterocycles. The van der Waals surface area contributed by atoms with E-state index in [-0.39, 0.29) is 11.6 Å². The van der Waals surface area contributed by atoms with Crippen molar-refractivity contribution < 1.29 is 0 Å². The molecule has 34 heavy (non-hydrogen) atoms. The second-order valence-corrected chi connectivity index (χ2v) is 9.43. The third-order valence-corrected chi connectivity index (χ3v) is 6.81. The molecule has 0 saturated heterocycles. The van der Waals surface area contributed by atoms with Crippen LogP contribution < -0.4 is 5.56 Å². The fourth-order valence-electron chi connectivity index (χ4n) is 4.93. The summed E-state index contributed by atoms with van der Waals surface area (Å²) in [6, 6.07) is 27.2. The number of rotatable bonds is 5. The highest BCUT2D eigenvalue weighted by Crippen LogP contribution is 2.28. The van der Waals surface area contributed by atoms with Crippen molar-refractivity contribution in [2.75, 3.05) is 6.54 Å². The molecule has 1 aliphatic heterocycles. The molecule has 4 heteroatoms. The Balaban J connectivity index is 1.59. The average molecular weight is 450 g/mol. The van der Waals surface area contributed by atoms with Crippen molar-refractivity contribution in [2.45, 2.75) is 46.3 Å². The second-order valence-electron chi connectivity index (χ2n) is 9.43. The smallest absolute Gasteiger partial charge is 0.259 e. The van der Waals surface area contributed by atoms with Crippen molar-refractivity contribution in [1.82, 2.24) is 14.5 Å². The Labute approximate surface area is 201 Å². The predicted octanol–water partition coefficient (Wildman–Crippen LogP) is 5.36. The summed E-state index contributed by atoms with van der Waals surface area (Å²) in [5.41, 5.74) is 7.73. The third kappa shape index (κ3) is 4.46. The minimum atomic E-state index is -0.212. The first-order valence-electron chi connectivity index (χ1n) is 12.0. The van der Waals surface area contributed by atoms with Crippen LogP contribution >= 0.6 is 0 Å². The van der Waals surface area contributed by atoms with E-state index in [1.807, 2.05) is 17.6 Å². The molecule has 0 fully saturated rings. The summed E-state index contributed by atoms with van der Waals surface area (Å²) in [6.07, 6.45) is 0.804. The summed E-state index contributed by atoms with van der Waals surface area (Å²) in [5.74, 6) is 0.770. The van der Waals surface area contributed by atoms with Crippen LogP contribution in [0, 0.1) is 20.8 Å². The normalized spacial score (nSPS) is 13.8. The molecule has 5 rings (SSSR count). The van der Waals surface area contributed by atoms with Gasteiger partial charge in [-0.3, -0.25) is 14.3 Å². The van der Waals surface area contributed by atoms with Gasteiger partial charge in [-0.15, -0.1) is 0 Å². The van der Waals surface area contributed by atoms with Gasteiger partial charge in [0.25, 0.3) is 5.56 Å². The maximum atomic E-state index is 14.1. The number of nitrogens with zero attached hydrogens (tertiary/aromatic N) is 3. The highest BCUT2D eigenvalue weighted by molar-refractivity contribution is 5.37. The fourth-order valence-corrected chi connectivity index (χ4v) is 4.93. The molecule has 0 saturated carbocycles. The lowest BCUT2D eigenvalue weighted by atomic mass is 9.96. The van der Waals surface area contributed by atoms with E-state index < -0.39 is 0 Å². The SMILES string of the molecule is Cc1ccc(C(c2ccc(C)cc2)n2c(C)nc3c(c2=O)CN(Cc2ccccc2)CC3)cc1. The van der Waals surface area contributed by atoms with Gasteiger partial charge in [0, 0.05) is 26.1 Å². The first-order valence-corrected chi connectivity index (χ1v) is 12.0. The van der Waals surface area contributed by atoms with Gasteiger partial charge in [0.05, 0.1) is 17.3 Å². The lowest BCUT2D eigenvalue weighted by molar-refractivity contribution is 0.240. The summed E-state index contributed by atoms with van der Waals surface area (Å²) in [5, 5.41) is 0. The van der Waals surface area contributed by atoms with Crippen molar-refractivity contribution >= 4 is 0 Å². The first-order chi connectivity index (χ1) is 16.5. The Kier molecular flexibility index (Phi) is 6.16. The zero-order valence-electron chi connectivity index (χ0n) is 20.2. The van der Waals surface area contributed by atoms with Gasteiger partial charge in [-0.25, -0.2) is 4.98 Å². The van der Waals surface area contributed by atoms with Crippen molar-refractivity contribution in [2.24, 2.45) is 0 Å². The van der Waals surface area contributed by atoms with Gasteiger partial charge in [-0.1, -0.05) is 90.0 Å². The molecule has 4 aromatic rings. The van der Waals surface area contributed by atoms with E-state index in [0.29, 0.717) is 6.54 Å². The molecule has 0 radical (unpaired) electrons. The Hall–Kier alpha value is -3.50. The number of fused-ring (bicyclic) bond motifs is 1. The fraction of sp³-hybridized carbons (Fsp3) is 0.267. The van der Waals surface area contributed by atoms with Crippen LogP contribution in [0.4, 0.5) is 0 Å². The van der Waals surface area contributed by atoms with E-state index in [4.69, 9.17) is 4.98 Å². The summed E-state index contributed by atoms with van der Waals surface area (Å²) in [7, 11) is 0. The number of hydrogen-bond donors (Lipinski definition) is 0. The van der Waals surface area contributed by atoms with Gasteiger partial charge < -0.3 is 0 Å². The minimum Gasteiger partial charge on any atom is -0.294 e. The van der Waals surface area contributed by atoms with E-state index >= 15 is 0 Å². The largest absolute Gasteiger partial charge is 0.294 e. The molecule has 3 aromatic carbocycles. The molecule has 4 nitrogen and oxygen atoms in total. The molecule has 0 bridgehead atoms. The zero-order valence-corrected chi connectivity index (χ0v) is 20.2. The van der Waals surface area contributed by atoms with E-state index in [1.54, 1.807) is 0 Å². The monoisotopic (exact) mass is 449 g/mol. The van der Waals surface area contributed by atoms with Crippen LogP contribution in [0.5, 0.6) is 0 Å². The van der Waals surface area contributed by atoms with E-state index in [0.717, 1.165) is 47.7 Å². The molecule has 0 atom stereocenters. The van der Waals surface area contributed by atoms with Gasteiger partial charge in [0.15, 0.2) is 0 Å². The van der Waals surface area contributed by atoms with Crippen LogP contribution in [0.2, 0.25) is 0 Å². The third-order valence-electron chi connectivity index (χ3n) is 6.81. The van der Waals surface area contributed by atoms with Gasteiger partial charge in [-0.2, -0.15) is 0 Å². The van der Waals surface area contributed by atoms with E-state index in [9.17, 15) is 4.79 Å². The molecule has 0 aliphatic carbocycles. The van der Waals surface area contributed by atoms with Gasteiger partial charge >= 0.3 is 0 Å². The summed E-state index contributed by atoms with van der Waals surface area (Å²) in [4.78, 5) is 21.4. The van der Waals surface area contributed by atoms with Gasteiger partial charge in [-0.05, 0) is 37.5 Å². The average Bonchev–Trinajstić information content (AvgIpc) is 2.84. The number of benzene rings is 3. The number of hydrogen-bond acceptors (Lipinski definition) is 3. The molecule has 172 valence electrons. The Morgan fingerprint density at radius 3 is 2.00 bits per heavy atom. The Bertz CT molecular complexity index is 1290. The lowest BCUT2D eigenvalue weighted by Gasteiger charge is -2.30. The van der Waals surface area contributed by atoms with Crippen LogP contribution in [0.1, 0.15) is 50.9 Å². The molecule has 0 unspecified atom stereocenters. The van der Waals surface area contributed by atoms with Crippen molar-refractivity contribution in [1.29, 1.82) is 0 Å². The lowest BCUT2D eigenvalue weighted by Crippen LogP contribution is -2.40. The van der Waals surface area contributed by atoms with Crippen molar-refractivity contribution in [3.05, 3.63) is 134 Å². The highest BCUT2D eigenvalue weighted by atomic mass is 16.1. The molecular weight excluding hydrogens is 418 g/mol. The topological polar surface area (TPSA) is 38.1 Å². The Morgan fingerprint density at radius 1 is 0.824 bits per heavy atom. The molecule has 1 aliphatic rings. The van der Waals surface area contributed by atoms with Gasteiger partial charge in [0.1, 0.15) is 5.82 Å².